The van der Waals surface area contributed by atoms with Crippen molar-refractivity contribution in [3.05, 3.63) is 75.0 Å². The lowest BCUT2D eigenvalue weighted by molar-refractivity contribution is -0.384. The van der Waals surface area contributed by atoms with Gasteiger partial charge in [-0.15, -0.1) is 0 Å². The normalized spacial score (nSPS) is 17.1. The summed E-state index contributed by atoms with van der Waals surface area (Å²) in [7, 11) is 1.36. The Hall–Kier alpha value is -3.46. The average Bonchev–Trinajstić information content (AvgIpc) is 2.66. The summed E-state index contributed by atoms with van der Waals surface area (Å²) >= 11 is 0. The Morgan fingerprint density at radius 1 is 0.900 bits per heavy atom. The predicted octanol–water partition coefficient (Wildman–Crippen LogP) is 3.14. The molecule has 9 heteroatoms. The lowest BCUT2D eigenvalue weighted by atomic mass is 9.75. The summed E-state index contributed by atoms with van der Waals surface area (Å²) in [6.07, 6.45) is -0.0669. The zero-order chi connectivity index (χ0) is 22.1. The molecule has 2 aromatic carbocycles. The molecule has 0 bridgehead atoms. The van der Waals surface area contributed by atoms with Crippen molar-refractivity contribution >= 4 is 23.3 Å². The zero-order valence-corrected chi connectivity index (χ0v) is 16.8. The number of benzene rings is 2. The third-order valence-electron chi connectivity index (χ3n) is 4.92. The third kappa shape index (κ3) is 4.25. The summed E-state index contributed by atoms with van der Waals surface area (Å²) in [5.41, 5.74) is -0.143. The summed E-state index contributed by atoms with van der Waals surface area (Å²) in [6.45, 7) is 2.94. The maximum Gasteiger partial charge on any atom is 0.327 e. The molecule has 0 unspecified atom stereocenters. The van der Waals surface area contributed by atoms with E-state index in [0.717, 1.165) is 0 Å². The highest BCUT2D eigenvalue weighted by atomic mass is 16.7. The SMILES string of the molecule is CN([O-])c1ccc(CC2(Cc3ccc([N+](=O)[O-])cc3)C(=O)OC(C)(C)OC2=O)cc1. The Bertz CT molecular complexity index is 946. The van der Waals surface area contributed by atoms with Gasteiger partial charge in [0.05, 0.1) is 4.92 Å². The van der Waals surface area contributed by atoms with Crippen LogP contribution in [-0.2, 0) is 31.9 Å². The molecule has 3 rings (SSSR count). The largest absolute Gasteiger partial charge is 0.758 e. The molecule has 1 aliphatic rings. The third-order valence-corrected chi connectivity index (χ3v) is 4.92. The smallest absolute Gasteiger partial charge is 0.327 e. The van der Waals surface area contributed by atoms with Gasteiger partial charge in [-0.1, -0.05) is 24.3 Å². The molecule has 0 spiro atoms. The topological polar surface area (TPSA) is 122 Å². The number of esters is 2. The molecular formula is C21H21N2O7-. The highest BCUT2D eigenvalue weighted by molar-refractivity contribution is 6.02. The molecule has 1 saturated heterocycles. The first kappa shape index (κ1) is 21.3. The van der Waals surface area contributed by atoms with E-state index < -0.39 is 28.1 Å². The highest BCUT2D eigenvalue weighted by Crippen LogP contribution is 2.38. The first-order valence-corrected chi connectivity index (χ1v) is 9.22. The fraction of sp³-hybridized carbons (Fsp3) is 0.333. The Morgan fingerprint density at radius 3 is 1.73 bits per heavy atom. The van der Waals surface area contributed by atoms with E-state index in [0.29, 0.717) is 21.9 Å². The highest BCUT2D eigenvalue weighted by Gasteiger charge is 2.56. The van der Waals surface area contributed by atoms with E-state index in [9.17, 15) is 24.9 Å². The standard InChI is InChI=1S/C21H21N2O7/c1-20(2)29-18(24)21(19(25)30-20,12-14-4-8-16(9-5-14)22(3)26)13-15-6-10-17(11-7-15)23(27)28/h4-11H,12-13H2,1-3H3/q-1. The van der Waals surface area contributed by atoms with Crippen molar-refractivity contribution in [2.75, 3.05) is 12.1 Å². The number of nitro benzene ring substituents is 1. The van der Waals surface area contributed by atoms with E-state index in [1.165, 1.54) is 45.2 Å². The second-order valence-corrected chi connectivity index (χ2v) is 7.70. The number of non-ortho nitro benzene ring substituents is 1. The van der Waals surface area contributed by atoms with Gasteiger partial charge >= 0.3 is 11.9 Å². The summed E-state index contributed by atoms with van der Waals surface area (Å²) in [6, 6.07) is 12.1. The molecule has 158 valence electrons. The van der Waals surface area contributed by atoms with E-state index in [1.54, 1.807) is 24.3 Å². The Kier molecular flexibility index (Phi) is 5.49. The van der Waals surface area contributed by atoms with Gasteiger partial charge in [0.1, 0.15) is 0 Å². The lowest BCUT2D eigenvalue weighted by Gasteiger charge is -2.40. The molecule has 2 aromatic rings. The van der Waals surface area contributed by atoms with Crippen molar-refractivity contribution in [2.24, 2.45) is 5.41 Å². The van der Waals surface area contributed by atoms with Crippen LogP contribution in [-0.4, -0.2) is 29.7 Å². The number of hydroxylamine groups is 1. The maximum atomic E-state index is 13.0. The van der Waals surface area contributed by atoms with Crippen molar-refractivity contribution in [1.29, 1.82) is 0 Å². The fourth-order valence-corrected chi connectivity index (χ4v) is 3.35. The van der Waals surface area contributed by atoms with Crippen molar-refractivity contribution in [3.63, 3.8) is 0 Å². The van der Waals surface area contributed by atoms with Crippen LogP contribution in [0.15, 0.2) is 48.5 Å². The molecule has 1 aliphatic heterocycles. The van der Waals surface area contributed by atoms with Crippen molar-refractivity contribution < 1.29 is 24.0 Å². The number of hydrogen-bond acceptors (Lipinski definition) is 8. The van der Waals surface area contributed by atoms with Crippen LogP contribution in [0, 0.1) is 20.7 Å². The van der Waals surface area contributed by atoms with Gasteiger partial charge in [-0.25, -0.2) is 0 Å². The van der Waals surface area contributed by atoms with Crippen LogP contribution < -0.4 is 5.06 Å². The van der Waals surface area contributed by atoms with Crippen LogP contribution in [0.4, 0.5) is 11.4 Å². The molecule has 9 nitrogen and oxygen atoms in total. The molecule has 0 atom stereocenters. The number of carbonyl (C=O) groups excluding carboxylic acids is 2. The first-order chi connectivity index (χ1) is 14.0. The fourth-order valence-electron chi connectivity index (χ4n) is 3.35. The van der Waals surface area contributed by atoms with Gasteiger partial charge in [0.15, 0.2) is 5.41 Å². The number of hydrogen-bond donors (Lipinski definition) is 0. The minimum absolute atomic E-state index is 0.0133. The summed E-state index contributed by atoms with van der Waals surface area (Å²) in [4.78, 5) is 36.4. The van der Waals surface area contributed by atoms with E-state index >= 15 is 0 Å². The molecule has 1 fully saturated rings. The van der Waals surface area contributed by atoms with Crippen LogP contribution in [0.1, 0.15) is 25.0 Å². The molecule has 0 aliphatic carbocycles. The van der Waals surface area contributed by atoms with Gasteiger partial charge in [-0.3, -0.25) is 19.7 Å². The number of cyclic esters (lactones) is 2. The van der Waals surface area contributed by atoms with E-state index in [-0.39, 0.29) is 18.5 Å². The molecule has 1 heterocycles. The molecule has 30 heavy (non-hydrogen) atoms. The first-order valence-electron chi connectivity index (χ1n) is 9.22. The molecule has 0 aromatic heterocycles. The van der Waals surface area contributed by atoms with Crippen molar-refractivity contribution in [2.45, 2.75) is 32.5 Å². The van der Waals surface area contributed by atoms with E-state index in [4.69, 9.17) is 9.47 Å². The molecule has 0 radical (unpaired) electrons. The van der Waals surface area contributed by atoms with E-state index in [1.807, 2.05) is 0 Å². The quantitative estimate of drug-likeness (QED) is 0.306. The Morgan fingerprint density at radius 2 is 1.33 bits per heavy atom. The van der Waals surface area contributed by atoms with Crippen LogP contribution in [0.2, 0.25) is 0 Å². The Labute approximate surface area is 172 Å². The van der Waals surface area contributed by atoms with Gasteiger partial charge in [-0.2, -0.15) is 0 Å². The molecule has 0 saturated carbocycles. The number of anilines is 1. The summed E-state index contributed by atoms with van der Waals surface area (Å²) in [5, 5.41) is 23.0. The van der Waals surface area contributed by atoms with E-state index in [2.05, 4.69) is 0 Å². The van der Waals surface area contributed by atoms with Gasteiger partial charge < -0.3 is 19.7 Å². The molecular weight excluding hydrogens is 392 g/mol. The van der Waals surface area contributed by atoms with Crippen LogP contribution in [0.3, 0.4) is 0 Å². The van der Waals surface area contributed by atoms with Crippen LogP contribution in [0.25, 0.3) is 0 Å². The van der Waals surface area contributed by atoms with Gasteiger partial charge in [-0.05, 0) is 43.1 Å². The number of nitro groups is 1. The van der Waals surface area contributed by atoms with Crippen LogP contribution >= 0.6 is 0 Å². The number of rotatable bonds is 6. The lowest BCUT2D eigenvalue weighted by Crippen LogP contribution is -2.56. The predicted molar refractivity (Wildman–Crippen MR) is 107 cm³/mol. The van der Waals surface area contributed by atoms with Gasteiger partial charge in [0, 0.05) is 31.7 Å². The second kappa shape index (κ2) is 7.75. The minimum atomic E-state index is -1.66. The van der Waals surface area contributed by atoms with Gasteiger partial charge in [0.25, 0.3) is 11.5 Å². The molecule has 0 amide bonds. The van der Waals surface area contributed by atoms with Gasteiger partial charge in [0.2, 0.25) is 0 Å². The average molecular weight is 413 g/mol. The van der Waals surface area contributed by atoms with Crippen LogP contribution in [0.5, 0.6) is 0 Å². The van der Waals surface area contributed by atoms with Crippen molar-refractivity contribution in [1.82, 2.24) is 0 Å². The summed E-state index contributed by atoms with van der Waals surface area (Å²) in [5.74, 6) is -2.85. The van der Waals surface area contributed by atoms with Crippen molar-refractivity contribution in [3.8, 4) is 0 Å². The monoisotopic (exact) mass is 413 g/mol. The summed E-state index contributed by atoms with van der Waals surface area (Å²) < 4.78 is 10.8. The maximum absolute atomic E-state index is 13.0. The number of nitrogens with zero attached hydrogens (tertiary/aromatic N) is 2. The second-order valence-electron chi connectivity index (χ2n) is 7.70. The number of carbonyl (C=O) groups is 2. The Balaban J connectivity index is 1.97. The minimum Gasteiger partial charge on any atom is -0.758 e. The zero-order valence-electron chi connectivity index (χ0n) is 16.8. The number of ether oxygens (including phenoxy) is 2. The molecule has 0 N–H and O–H groups in total.